The Bertz CT molecular complexity index is 739. The highest BCUT2D eigenvalue weighted by Crippen LogP contribution is 2.20. The molecule has 5 nitrogen and oxygen atoms in total. The van der Waals surface area contributed by atoms with E-state index in [2.05, 4.69) is 31.2 Å². The Hall–Kier alpha value is -2.08. The lowest BCUT2D eigenvalue weighted by molar-refractivity contribution is 0.296. The van der Waals surface area contributed by atoms with Crippen molar-refractivity contribution in [3.63, 3.8) is 0 Å². The molecule has 6 heteroatoms. The molecular formula is C15H15BrN4O. The smallest absolute Gasteiger partial charge is 0.260 e. The summed E-state index contributed by atoms with van der Waals surface area (Å²) in [5.41, 5.74) is 1.80. The van der Waals surface area contributed by atoms with E-state index in [4.69, 9.17) is 4.74 Å². The zero-order valence-electron chi connectivity index (χ0n) is 11.6. The highest BCUT2D eigenvalue weighted by molar-refractivity contribution is 9.10. The number of nitrogens with zero attached hydrogens (tertiary/aromatic N) is 3. The predicted molar refractivity (Wildman–Crippen MR) is 85.6 cm³/mol. The third-order valence-electron chi connectivity index (χ3n) is 2.99. The van der Waals surface area contributed by atoms with Crippen LogP contribution in [0.4, 0.5) is 5.82 Å². The standard InChI is InChI=1S/C15H15BrN4O/c1-2-17-13-9-20-8-7-18-14(20)15(19-13)21-10-11-3-5-12(16)6-4-11/h3-9,17H,2,10H2,1H3. The van der Waals surface area contributed by atoms with Gasteiger partial charge in [0.25, 0.3) is 5.88 Å². The Labute approximate surface area is 131 Å². The molecule has 0 saturated carbocycles. The Kier molecular flexibility index (Phi) is 4.06. The molecule has 0 aliphatic carbocycles. The predicted octanol–water partition coefficient (Wildman–Crippen LogP) is 3.50. The van der Waals surface area contributed by atoms with Crippen molar-refractivity contribution in [3.05, 3.63) is 52.9 Å². The van der Waals surface area contributed by atoms with E-state index in [0.717, 1.165) is 22.4 Å². The van der Waals surface area contributed by atoms with Gasteiger partial charge in [0.05, 0.1) is 6.20 Å². The van der Waals surface area contributed by atoms with Crippen LogP contribution in [-0.4, -0.2) is 20.9 Å². The van der Waals surface area contributed by atoms with Crippen LogP contribution in [0.2, 0.25) is 0 Å². The molecule has 0 fully saturated rings. The van der Waals surface area contributed by atoms with Gasteiger partial charge in [-0.2, -0.15) is 4.98 Å². The molecule has 0 saturated heterocycles. The van der Waals surface area contributed by atoms with Crippen LogP contribution in [0, 0.1) is 0 Å². The maximum Gasteiger partial charge on any atom is 0.260 e. The number of rotatable bonds is 5. The van der Waals surface area contributed by atoms with Gasteiger partial charge < -0.3 is 10.1 Å². The van der Waals surface area contributed by atoms with Gasteiger partial charge >= 0.3 is 0 Å². The first-order valence-corrected chi connectivity index (χ1v) is 7.50. The van der Waals surface area contributed by atoms with Crippen molar-refractivity contribution in [1.82, 2.24) is 14.4 Å². The number of hydrogen-bond donors (Lipinski definition) is 1. The van der Waals surface area contributed by atoms with Gasteiger partial charge in [0.2, 0.25) is 5.65 Å². The van der Waals surface area contributed by atoms with Crippen molar-refractivity contribution in [2.45, 2.75) is 13.5 Å². The van der Waals surface area contributed by atoms with Crippen molar-refractivity contribution < 1.29 is 4.74 Å². The molecule has 2 aromatic heterocycles. The number of anilines is 1. The summed E-state index contributed by atoms with van der Waals surface area (Å²) in [5.74, 6) is 1.30. The zero-order valence-corrected chi connectivity index (χ0v) is 13.2. The Morgan fingerprint density at radius 3 is 2.86 bits per heavy atom. The number of fused-ring (bicyclic) bond motifs is 1. The summed E-state index contributed by atoms with van der Waals surface area (Å²) in [4.78, 5) is 8.76. The largest absolute Gasteiger partial charge is 0.470 e. The van der Waals surface area contributed by atoms with Crippen molar-refractivity contribution in [3.8, 4) is 5.88 Å². The van der Waals surface area contributed by atoms with Gasteiger partial charge in [-0.15, -0.1) is 0 Å². The minimum Gasteiger partial charge on any atom is -0.470 e. The molecule has 0 aliphatic rings. The summed E-state index contributed by atoms with van der Waals surface area (Å²) in [5, 5.41) is 3.19. The number of imidazole rings is 1. The number of ether oxygens (including phenoxy) is 1. The normalized spacial score (nSPS) is 10.8. The second-order valence-electron chi connectivity index (χ2n) is 4.53. The number of halogens is 1. The van der Waals surface area contributed by atoms with E-state index in [9.17, 15) is 0 Å². The van der Waals surface area contributed by atoms with Gasteiger partial charge in [0.1, 0.15) is 12.4 Å². The molecule has 3 rings (SSSR count). The third kappa shape index (κ3) is 3.16. The first-order valence-electron chi connectivity index (χ1n) is 6.71. The molecule has 1 N–H and O–H groups in total. The number of hydrogen-bond acceptors (Lipinski definition) is 4. The van der Waals surface area contributed by atoms with Crippen LogP contribution in [0.5, 0.6) is 5.88 Å². The molecule has 1 aromatic carbocycles. The topological polar surface area (TPSA) is 51.5 Å². The Morgan fingerprint density at radius 2 is 2.10 bits per heavy atom. The molecule has 0 aliphatic heterocycles. The van der Waals surface area contributed by atoms with Gasteiger partial charge in [-0.05, 0) is 24.6 Å². The van der Waals surface area contributed by atoms with Gasteiger partial charge in [-0.1, -0.05) is 28.1 Å². The SMILES string of the molecule is CCNc1cn2ccnc2c(OCc2ccc(Br)cc2)n1. The fourth-order valence-electron chi connectivity index (χ4n) is 2.00. The van der Waals surface area contributed by atoms with Gasteiger partial charge in [-0.25, -0.2) is 4.98 Å². The van der Waals surface area contributed by atoms with Gasteiger partial charge in [0, 0.05) is 23.4 Å². The Balaban J connectivity index is 1.84. The van der Waals surface area contributed by atoms with E-state index in [1.807, 2.05) is 48.0 Å². The molecule has 0 unspecified atom stereocenters. The molecule has 0 atom stereocenters. The molecule has 0 spiro atoms. The minimum atomic E-state index is 0.457. The van der Waals surface area contributed by atoms with E-state index in [0.29, 0.717) is 18.1 Å². The second-order valence-corrected chi connectivity index (χ2v) is 5.45. The van der Waals surface area contributed by atoms with Crippen molar-refractivity contribution in [1.29, 1.82) is 0 Å². The molecule has 0 bridgehead atoms. The lowest BCUT2D eigenvalue weighted by Gasteiger charge is -2.09. The average Bonchev–Trinajstić information content (AvgIpc) is 2.95. The van der Waals surface area contributed by atoms with Crippen molar-refractivity contribution in [2.75, 3.05) is 11.9 Å². The van der Waals surface area contributed by atoms with E-state index in [1.54, 1.807) is 6.20 Å². The zero-order chi connectivity index (χ0) is 14.7. The lowest BCUT2D eigenvalue weighted by atomic mass is 10.2. The summed E-state index contributed by atoms with van der Waals surface area (Å²) in [6.07, 6.45) is 5.52. The molecule has 3 aromatic rings. The van der Waals surface area contributed by atoms with Crippen LogP contribution >= 0.6 is 15.9 Å². The summed E-state index contributed by atoms with van der Waals surface area (Å²) in [6, 6.07) is 8.01. The quantitative estimate of drug-likeness (QED) is 0.768. The summed E-state index contributed by atoms with van der Waals surface area (Å²) in [7, 11) is 0. The van der Waals surface area contributed by atoms with Crippen molar-refractivity contribution in [2.24, 2.45) is 0 Å². The third-order valence-corrected chi connectivity index (χ3v) is 3.52. The van der Waals surface area contributed by atoms with E-state index < -0.39 is 0 Å². The highest BCUT2D eigenvalue weighted by Gasteiger charge is 2.08. The number of aromatic nitrogens is 3. The number of benzene rings is 1. The molecular weight excluding hydrogens is 332 g/mol. The van der Waals surface area contributed by atoms with Crippen molar-refractivity contribution >= 4 is 27.4 Å². The van der Waals surface area contributed by atoms with Crippen LogP contribution in [0.25, 0.3) is 5.65 Å². The fraction of sp³-hybridized carbons (Fsp3) is 0.200. The second kappa shape index (κ2) is 6.13. The van der Waals surface area contributed by atoms with E-state index in [-0.39, 0.29) is 0 Å². The fourth-order valence-corrected chi connectivity index (χ4v) is 2.26. The molecule has 21 heavy (non-hydrogen) atoms. The molecule has 0 amide bonds. The highest BCUT2D eigenvalue weighted by atomic mass is 79.9. The van der Waals surface area contributed by atoms with Gasteiger partial charge in [-0.3, -0.25) is 4.40 Å². The molecule has 0 radical (unpaired) electrons. The maximum atomic E-state index is 5.84. The first kappa shape index (κ1) is 13.9. The summed E-state index contributed by atoms with van der Waals surface area (Å²) in [6.45, 7) is 3.29. The van der Waals surface area contributed by atoms with E-state index >= 15 is 0 Å². The maximum absolute atomic E-state index is 5.84. The lowest BCUT2D eigenvalue weighted by Crippen LogP contribution is -2.05. The average molecular weight is 347 g/mol. The monoisotopic (exact) mass is 346 g/mol. The van der Waals surface area contributed by atoms with Gasteiger partial charge in [0.15, 0.2) is 0 Å². The molecule has 108 valence electrons. The minimum absolute atomic E-state index is 0.457. The van der Waals surface area contributed by atoms with Crippen LogP contribution < -0.4 is 10.1 Å². The van der Waals surface area contributed by atoms with E-state index in [1.165, 1.54) is 0 Å². The van der Waals surface area contributed by atoms with Crippen LogP contribution in [-0.2, 0) is 6.61 Å². The van der Waals surface area contributed by atoms with Crippen LogP contribution in [0.1, 0.15) is 12.5 Å². The van der Waals surface area contributed by atoms with Crippen LogP contribution in [0.3, 0.4) is 0 Å². The van der Waals surface area contributed by atoms with Crippen LogP contribution in [0.15, 0.2) is 47.3 Å². The summed E-state index contributed by atoms with van der Waals surface area (Å²) >= 11 is 3.42. The number of nitrogens with one attached hydrogen (secondary N) is 1. The summed E-state index contributed by atoms with van der Waals surface area (Å²) < 4.78 is 8.80. The molecule has 2 heterocycles. The Morgan fingerprint density at radius 1 is 1.29 bits per heavy atom. The first-order chi connectivity index (χ1) is 10.3.